The Hall–Kier alpha value is -0.520. The van der Waals surface area contributed by atoms with Crippen LogP contribution in [0.1, 0.15) is 90.9 Å². The zero-order chi connectivity index (χ0) is 15.1. The van der Waals surface area contributed by atoms with Crippen LogP contribution in [-0.4, -0.2) is 0 Å². The van der Waals surface area contributed by atoms with Crippen LogP contribution in [0.5, 0.6) is 0 Å². The zero-order valence-electron chi connectivity index (χ0n) is 14.2. The number of rotatable bonds is 15. The predicted molar refractivity (Wildman–Crippen MR) is 94.1 cm³/mol. The minimum absolute atomic E-state index is 0.858. The number of unbranched alkanes of at least 4 members (excludes halogenated alkanes) is 8. The summed E-state index contributed by atoms with van der Waals surface area (Å²) in [4.78, 5) is 0. The normalized spacial score (nSPS) is 11.2. The quantitative estimate of drug-likeness (QED) is 0.217. The molecule has 0 radical (unpaired) electrons. The Labute approximate surface area is 128 Å². The third kappa shape index (κ3) is 12.5. The van der Waals surface area contributed by atoms with Crippen molar-refractivity contribution >= 4 is 0 Å². The second-order valence-corrected chi connectivity index (χ2v) is 6.56. The van der Waals surface area contributed by atoms with E-state index in [2.05, 4.69) is 27.0 Å². The fraction of sp³-hybridized carbons (Fsp3) is 0.800. The molecule has 0 nitrogen and oxygen atoms in total. The Bertz CT molecular complexity index is 194. The van der Waals surface area contributed by atoms with Gasteiger partial charge in [-0.15, -0.1) is 13.2 Å². The Balaban J connectivity index is 3.55. The average Bonchev–Trinajstić information content (AvgIpc) is 2.43. The predicted octanol–water partition coefficient (Wildman–Crippen LogP) is 7.31. The van der Waals surface area contributed by atoms with Crippen LogP contribution in [0.4, 0.5) is 0 Å². The number of hydrogen-bond acceptors (Lipinski definition) is 0. The van der Waals surface area contributed by atoms with Gasteiger partial charge in [-0.25, -0.2) is 0 Å². The lowest BCUT2D eigenvalue weighted by Gasteiger charge is -2.20. The van der Waals surface area contributed by atoms with Crippen LogP contribution in [0.2, 0.25) is 0 Å². The summed E-state index contributed by atoms with van der Waals surface area (Å²) >= 11 is 0. The van der Waals surface area contributed by atoms with Crippen molar-refractivity contribution in [3.63, 3.8) is 0 Å². The second kappa shape index (κ2) is 14.9. The molecule has 0 aliphatic heterocycles. The van der Waals surface area contributed by atoms with Gasteiger partial charge in [0, 0.05) is 0 Å². The third-order valence-electron chi connectivity index (χ3n) is 4.41. The van der Waals surface area contributed by atoms with Gasteiger partial charge >= 0.3 is 0 Å². The molecule has 118 valence electrons. The summed E-state index contributed by atoms with van der Waals surface area (Å²) in [6.07, 6.45) is 20.5. The first-order valence-corrected chi connectivity index (χ1v) is 8.94. The van der Waals surface area contributed by atoms with Gasteiger partial charge in [0.05, 0.1) is 0 Å². The van der Waals surface area contributed by atoms with E-state index in [0.29, 0.717) is 0 Å². The molecule has 0 heterocycles. The standard InChI is InChI=1S/C20H38/c1-5-7-9-11-13-15-17-20(19(3)4)18-16-14-12-10-8-6-2/h5-6,19-20H,1-2,7-18H2,3-4H3. The average molecular weight is 279 g/mol. The van der Waals surface area contributed by atoms with E-state index >= 15 is 0 Å². The first-order chi connectivity index (χ1) is 9.72. The van der Waals surface area contributed by atoms with Gasteiger partial charge in [0.25, 0.3) is 0 Å². The van der Waals surface area contributed by atoms with Gasteiger partial charge in [0.1, 0.15) is 0 Å². The van der Waals surface area contributed by atoms with Crippen molar-refractivity contribution in [3.8, 4) is 0 Å². The highest BCUT2D eigenvalue weighted by molar-refractivity contribution is 4.68. The molecule has 20 heavy (non-hydrogen) atoms. The maximum atomic E-state index is 3.78. The van der Waals surface area contributed by atoms with Crippen molar-refractivity contribution in [1.82, 2.24) is 0 Å². The fourth-order valence-corrected chi connectivity index (χ4v) is 2.91. The molecule has 0 aliphatic carbocycles. The minimum Gasteiger partial charge on any atom is -0.103 e. The molecule has 0 fully saturated rings. The molecule has 0 spiro atoms. The summed E-state index contributed by atoms with van der Waals surface area (Å²) in [6.45, 7) is 12.4. The molecule has 0 aromatic heterocycles. The van der Waals surface area contributed by atoms with Crippen molar-refractivity contribution in [3.05, 3.63) is 25.3 Å². The lowest BCUT2D eigenvalue weighted by atomic mass is 9.85. The van der Waals surface area contributed by atoms with Crippen LogP contribution in [0, 0.1) is 11.8 Å². The Morgan fingerprint density at radius 1 is 0.650 bits per heavy atom. The minimum atomic E-state index is 0.858. The highest BCUT2D eigenvalue weighted by Gasteiger charge is 2.12. The topological polar surface area (TPSA) is 0 Å². The first-order valence-electron chi connectivity index (χ1n) is 8.94. The highest BCUT2D eigenvalue weighted by atomic mass is 14.2. The van der Waals surface area contributed by atoms with Crippen LogP contribution < -0.4 is 0 Å². The maximum absolute atomic E-state index is 3.78. The number of hydrogen-bond donors (Lipinski definition) is 0. The summed E-state index contributed by atoms with van der Waals surface area (Å²) in [6, 6.07) is 0. The van der Waals surface area contributed by atoms with E-state index in [1.165, 1.54) is 77.0 Å². The molecule has 0 saturated heterocycles. The van der Waals surface area contributed by atoms with E-state index in [9.17, 15) is 0 Å². The van der Waals surface area contributed by atoms with Crippen molar-refractivity contribution < 1.29 is 0 Å². The van der Waals surface area contributed by atoms with Crippen molar-refractivity contribution in [2.45, 2.75) is 90.9 Å². The molecule has 0 amide bonds. The van der Waals surface area contributed by atoms with E-state index in [1.54, 1.807) is 0 Å². The van der Waals surface area contributed by atoms with Crippen LogP contribution in [-0.2, 0) is 0 Å². The van der Waals surface area contributed by atoms with Crippen LogP contribution in [0.15, 0.2) is 25.3 Å². The molecule has 0 bridgehead atoms. The second-order valence-electron chi connectivity index (χ2n) is 6.56. The molecule has 0 aromatic carbocycles. The summed E-state index contributed by atoms with van der Waals surface area (Å²) in [5.74, 6) is 1.81. The summed E-state index contributed by atoms with van der Waals surface area (Å²) < 4.78 is 0. The molecule has 0 heteroatoms. The highest BCUT2D eigenvalue weighted by Crippen LogP contribution is 2.25. The fourth-order valence-electron chi connectivity index (χ4n) is 2.91. The van der Waals surface area contributed by atoms with Gasteiger partial charge in [-0.1, -0.05) is 77.4 Å². The molecule has 0 unspecified atom stereocenters. The van der Waals surface area contributed by atoms with Gasteiger partial charge in [0.15, 0.2) is 0 Å². The van der Waals surface area contributed by atoms with Crippen LogP contribution in [0.25, 0.3) is 0 Å². The van der Waals surface area contributed by atoms with E-state index in [1.807, 2.05) is 12.2 Å². The van der Waals surface area contributed by atoms with Gasteiger partial charge in [0.2, 0.25) is 0 Å². The lowest BCUT2D eigenvalue weighted by Crippen LogP contribution is -2.08. The Kier molecular flexibility index (Phi) is 14.5. The van der Waals surface area contributed by atoms with Crippen molar-refractivity contribution in [1.29, 1.82) is 0 Å². The van der Waals surface area contributed by atoms with E-state index in [-0.39, 0.29) is 0 Å². The van der Waals surface area contributed by atoms with Crippen molar-refractivity contribution in [2.75, 3.05) is 0 Å². The monoisotopic (exact) mass is 278 g/mol. The van der Waals surface area contributed by atoms with E-state index < -0.39 is 0 Å². The van der Waals surface area contributed by atoms with Crippen LogP contribution >= 0.6 is 0 Å². The van der Waals surface area contributed by atoms with Gasteiger partial charge in [-0.05, 0) is 37.5 Å². The molecule has 0 rings (SSSR count). The van der Waals surface area contributed by atoms with Gasteiger partial charge in [-0.3, -0.25) is 0 Å². The molecule has 0 atom stereocenters. The molecule has 0 saturated carbocycles. The lowest BCUT2D eigenvalue weighted by molar-refractivity contribution is 0.313. The molecule has 0 aliphatic rings. The van der Waals surface area contributed by atoms with Gasteiger partial charge in [-0.2, -0.15) is 0 Å². The summed E-state index contributed by atoms with van der Waals surface area (Å²) in [5, 5.41) is 0. The molecular formula is C20H38. The van der Waals surface area contributed by atoms with Gasteiger partial charge < -0.3 is 0 Å². The molecular weight excluding hydrogens is 240 g/mol. The maximum Gasteiger partial charge on any atom is -0.0353 e. The smallest absolute Gasteiger partial charge is 0.0353 e. The summed E-state index contributed by atoms with van der Waals surface area (Å²) in [5.41, 5.74) is 0. The zero-order valence-corrected chi connectivity index (χ0v) is 14.2. The largest absolute Gasteiger partial charge is 0.103 e. The van der Waals surface area contributed by atoms with E-state index in [0.717, 1.165) is 11.8 Å². The number of allylic oxidation sites excluding steroid dienone is 2. The SMILES string of the molecule is C=CCCCCCCC(CCCCCCC=C)C(C)C. The third-order valence-corrected chi connectivity index (χ3v) is 4.41. The van der Waals surface area contributed by atoms with E-state index in [4.69, 9.17) is 0 Å². The first kappa shape index (κ1) is 19.5. The summed E-state index contributed by atoms with van der Waals surface area (Å²) in [7, 11) is 0. The Morgan fingerprint density at radius 2 is 1.05 bits per heavy atom. The van der Waals surface area contributed by atoms with Crippen molar-refractivity contribution in [2.24, 2.45) is 11.8 Å². The Morgan fingerprint density at radius 3 is 1.40 bits per heavy atom. The molecule has 0 N–H and O–H groups in total. The van der Waals surface area contributed by atoms with Crippen LogP contribution in [0.3, 0.4) is 0 Å². The molecule has 0 aromatic rings.